The summed E-state index contributed by atoms with van der Waals surface area (Å²) in [7, 11) is 0. The van der Waals surface area contributed by atoms with Gasteiger partial charge in [0.2, 0.25) is 0 Å². The molecule has 0 saturated carbocycles. The van der Waals surface area contributed by atoms with E-state index in [1.807, 2.05) is 153 Å². The van der Waals surface area contributed by atoms with E-state index in [4.69, 9.17) is 28.4 Å². The van der Waals surface area contributed by atoms with Crippen LogP contribution in [-0.2, 0) is 92.8 Å². The van der Waals surface area contributed by atoms with Crippen LogP contribution in [0.3, 0.4) is 0 Å². The number of esters is 4. The van der Waals surface area contributed by atoms with Gasteiger partial charge in [-0.05, 0) is 702 Å². The molecule has 0 bridgehead atoms. The molecule has 0 heterocycles. The molecule has 806 valence electrons. The first-order valence-electron chi connectivity index (χ1n) is 40.5. The Morgan fingerprint density at radius 3 is 0.987 bits per heavy atom. The second-order valence-electron chi connectivity index (χ2n) is 27.8. The van der Waals surface area contributed by atoms with Crippen LogP contribution < -0.4 is 56.6 Å². The molecule has 10 rings (SSSR count). The lowest BCUT2D eigenvalue weighted by atomic mass is 10.1. The second-order valence-corrected chi connectivity index (χ2v) is 54.6. The molecule has 33 nitrogen and oxygen atoms in total. The van der Waals surface area contributed by atoms with E-state index < -0.39 is 90.4 Å². The Morgan fingerprint density at radius 2 is 0.620 bits per heavy atom. The zero-order chi connectivity index (χ0) is 114. The van der Waals surface area contributed by atoms with Crippen molar-refractivity contribution in [3.05, 3.63) is 302 Å². The molecule has 0 spiro atoms. The smallest absolute Gasteiger partial charge is 0.411 e. The fourth-order valence-electron chi connectivity index (χ4n) is 9.90. The first-order chi connectivity index (χ1) is 70.3. The number of rotatable bonds is 35. The van der Waals surface area contributed by atoms with E-state index >= 15 is 0 Å². The average molecular weight is 4640 g/mol. The van der Waals surface area contributed by atoms with Crippen molar-refractivity contribution in [3.63, 3.8) is 0 Å². The van der Waals surface area contributed by atoms with Crippen LogP contribution in [0.15, 0.2) is 164 Å². The van der Waals surface area contributed by atoms with E-state index in [1.54, 1.807) is 24.3 Å². The summed E-state index contributed by atoms with van der Waals surface area (Å²) in [5.41, 5.74) is 6.80. The molecular formula is C94H64I23N2O31-9. The third kappa shape index (κ3) is 61.8. The Labute approximate surface area is 1170 Å². The second kappa shape index (κ2) is 80.3. The van der Waals surface area contributed by atoms with Gasteiger partial charge in [0, 0.05) is 130 Å². The van der Waals surface area contributed by atoms with Crippen molar-refractivity contribution in [2.45, 2.75) is 71.0 Å². The van der Waals surface area contributed by atoms with Crippen molar-refractivity contribution >= 4 is 621 Å². The molecule has 0 aromatic heterocycles. The maximum absolute atomic E-state index is 11.9. The van der Waals surface area contributed by atoms with Crippen LogP contribution in [-0.4, -0.2) is 129 Å². The molecule has 150 heavy (non-hydrogen) atoms. The number of aryl methyl sites for hydroxylation is 1. The van der Waals surface area contributed by atoms with Crippen LogP contribution >= 0.6 is 520 Å². The van der Waals surface area contributed by atoms with Gasteiger partial charge in [-0.2, -0.15) is 0 Å². The number of hydrogen-bond acceptors (Lipinski definition) is 31. The standard InChI is InChI=1S/C15H12INO4.C12H11I3O4.C11H9I3O4.C11H10INO4.C10H7I3O4.C9H5I3O4.C9H7I3O3.C9H7I3O2.C8H5I3O2/c16-12-8-11(14(18)19)6-7-13(12)17-15(20)21-9-10-4-2-1-3-5-10;13-7-5-8(11(15)9(14)6-7)12(18)19-4-2-1-3-10(16)17;12-6-4-7(10(14)8(13)5-6)11(17)18-3-1-2-9(15)16;1-2-5-17-11(16)13-9-4-3-7(10(14)15)6-8(9)12;11-5-3-6(9(13)7(12)4-5)10(16)17-2-1-8(14)15;10-4-1-5(8(12)6(11)2-4)9(15)16-3-7(13)14;10-5-1-7(11)6(8(12)2-5)3-15-4-9(13)14;10-6-3-5(1-2-8(13)14)9(12)7(11)4-6;9-5-1-4(2-7(12)13)8(11)6(10)3-5/h1-8H,9H2,(H,17,20)(H,18,19);5-6H,1-4H2,(H,16,17);4-5H,1-3H2,(H,15,16);2-4,6H,1,5H2,(H,13,16)(H,14,15);3-4H,1-2H2,(H,14,15);1-2H,3H2,(H,13,14);1-2H,3-4H2,(H,13,14);3-4H,1-2H2,(H,13,14);1,3H,2H2,(H,12,13)/p-9. The van der Waals surface area contributed by atoms with Crippen molar-refractivity contribution in [2.75, 3.05) is 50.3 Å². The fraction of sp³-hybridized carbons (Fsp3) is 0.181. The Balaban J connectivity index is 0.000000572. The molecule has 56 heteroatoms. The SMILES string of the molecule is C=CCOC(=O)Nc1ccc(C(=O)[O-])cc1I.O=C(Nc1ccc(C(=O)[O-])cc1I)OCc1ccccc1.O=C([O-])CCCCOC(=O)c1cc(I)cc(I)c1I.O=C([O-])CCCOC(=O)c1cc(I)cc(I)c1I.O=C([O-])CCOC(=O)c1cc(I)cc(I)c1I.O=C([O-])CCc1cc(I)cc(I)c1I.O=C([O-])COC(=O)c1cc(I)cc(I)c1I.O=C([O-])COCc1c(I)cc(I)cc1I.O=C([O-])Cc1cc(I)cc(I)c1I. The van der Waals surface area contributed by atoms with Crippen LogP contribution in [0.1, 0.15) is 129 Å². The van der Waals surface area contributed by atoms with Crippen LogP contribution in [0.5, 0.6) is 0 Å². The number of carboxylic acid groups (broad SMARTS) is 9. The van der Waals surface area contributed by atoms with Crippen LogP contribution in [0.4, 0.5) is 21.0 Å². The van der Waals surface area contributed by atoms with Gasteiger partial charge in [-0.1, -0.05) is 55.1 Å². The highest BCUT2D eigenvalue weighted by Gasteiger charge is 2.21. The van der Waals surface area contributed by atoms with Gasteiger partial charge in [0.15, 0.2) is 0 Å². The van der Waals surface area contributed by atoms with E-state index in [0.717, 1.165) is 93.7 Å². The molecule has 0 aliphatic carbocycles. The molecule has 0 fully saturated rings. The topological polar surface area (TPSA) is 552 Å². The molecule has 0 saturated heterocycles. The molecule has 10 aromatic rings. The van der Waals surface area contributed by atoms with Crippen molar-refractivity contribution in [1.29, 1.82) is 0 Å². The zero-order valence-electron chi connectivity index (χ0n) is 75.1. The lowest BCUT2D eigenvalue weighted by Crippen LogP contribution is -2.29. The summed E-state index contributed by atoms with van der Waals surface area (Å²) >= 11 is 49.1. The van der Waals surface area contributed by atoms with Gasteiger partial charge in [0.05, 0.1) is 90.5 Å². The number of amides is 2. The van der Waals surface area contributed by atoms with E-state index in [9.17, 15) is 118 Å². The van der Waals surface area contributed by atoms with Crippen molar-refractivity contribution in [1.82, 2.24) is 0 Å². The van der Waals surface area contributed by atoms with Crippen molar-refractivity contribution in [3.8, 4) is 0 Å². The number of aromatic carboxylic acids is 2. The molecule has 0 radical (unpaired) electrons. The number of carboxylic acids is 9. The molecule has 2 amide bonds. The molecule has 0 atom stereocenters. The van der Waals surface area contributed by atoms with E-state index in [1.165, 1.54) is 46.0 Å². The summed E-state index contributed by atoms with van der Waals surface area (Å²) in [6.45, 7) is 3.05. The normalized spacial score (nSPS) is 10.0. The maximum atomic E-state index is 11.9. The number of ether oxygens (including phenoxy) is 7. The number of halogens is 23. The summed E-state index contributed by atoms with van der Waals surface area (Å²) in [5, 5.41) is 98.1. The molecule has 0 aliphatic rings. The number of carbonyl (C=O) groups excluding carboxylic acids is 15. The van der Waals surface area contributed by atoms with E-state index in [2.05, 4.69) is 480 Å². The predicted molar refractivity (Wildman–Crippen MR) is 730 cm³/mol. The van der Waals surface area contributed by atoms with Crippen LogP contribution in [0.2, 0.25) is 0 Å². The fourth-order valence-corrected chi connectivity index (χ4v) is 29.6. The van der Waals surface area contributed by atoms with Crippen LogP contribution in [0, 0.1) is 82.1 Å². The van der Waals surface area contributed by atoms with Gasteiger partial charge in [-0.15, -0.1) is 0 Å². The summed E-state index contributed by atoms with van der Waals surface area (Å²) in [6, 6.07) is 44.6. The third-order valence-corrected chi connectivity index (χ3v) is 43.1. The predicted octanol–water partition coefficient (Wildman–Crippen LogP) is 17.5. The van der Waals surface area contributed by atoms with E-state index in [-0.39, 0.29) is 95.3 Å². The largest absolute Gasteiger partial charge is 0.550 e. The number of anilines is 2. The first-order valence-corrected chi connectivity index (χ1v) is 65.3. The third-order valence-electron chi connectivity index (χ3n) is 16.5. The number of nitrogens with one attached hydrogen (secondary N) is 2. The van der Waals surface area contributed by atoms with Gasteiger partial charge in [-0.3, -0.25) is 10.6 Å². The van der Waals surface area contributed by atoms with Gasteiger partial charge in [0.25, 0.3) is 0 Å². The monoisotopic (exact) mass is 4640 g/mol. The number of aliphatic carboxylic acids is 7. The average Bonchev–Trinajstić information content (AvgIpc) is 0.839. The highest BCUT2D eigenvalue weighted by Crippen LogP contribution is 2.32. The Hall–Kier alpha value is 0.340. The molecule has 0 unspecified atom stereocenters. The van der Waals surface area contributed by atoms with Gasteiger partial charge < -0.3 is 122 Å². The van der Waals surface area contributed by atoms with E-state index in [0.29, 0.717) is 66.6 Å². The number of hydrogen-bond donors (Lipinski definition) is 2. The Bertz CT molecular complexity index is 6460. The highest BCUT2D eigenvalue weighted by atomic mass is 127. The molecular weight excluding hydrogens is 4570 g/mol. The van der Waals surface area contributed by atoms with Gasteiger partial charge in [-0.25, -0.2) is 28.8 Å². The van der Waals surface area contributed by atoms with Crippen molar-refractivity contribution < 1.29 is 151 Å². The first kappa shape index (κ1) is 146. The summed E-state index contributed by atoms with van der Waals surface area (Å²) < 4.78 is 56.4. The maximum Gasteiger partial charge on any atom is 0.411 e. The Kier molecular flexibility index (Phi) is 78.3. The minimum Gasteiger partial charge on any atom is -0.550 e. The molecule has 2 N–H and O–H groups in total. The molecule has 0 aliphatic heterocycles. The van der Waals surface area contributed by atoms with Gasteiger partial charge in [0.1, 0.15) is 19.8 Å². The summed E-state index contributed by atoms with van der Waals surface area (Å²) in [4.78, 5) is 163. The minimum absolute atomic E-state index is 0.00375. The van der Waals surface area contributed by atoms with Crippen molar-refractivity contribution in [2.24, 2.45) is 0 Å². The lowest BCUT2D eigenvalue weighted by Gasteiger charge is -2.10. The quantitative estimate of drug-likeness (QED) is 0.00930. The van der Waals surface area contributed by atoms with Gasteiger partial charge >= 0.3 is 36.1 Å². The number of unbranched alkanes of at least 4 members (excludes halogenated alkanes) is 1. The lowest BCUT2D eigenvalue weighted by molar-refractivity contribution is -0.310. The minimum atomic E-state index is -1.41. The highest BCUT2D eigenvalue weighted by molar-refractivity contribution is 14.1. The number of carbonyl (C=O) groups is 15. The molecule has 10 aromatic carbocycles. The summed E-state index contributed by atoms with van der Waals surface area (Å²) in [6.07, 6.45) is 1.71. The zero-order valence-corrected chi connectivity index (χ0v) is 125. The Morgan fingerprint density at radius 1 is 0.287 bits per heavy atom. The summed E-state index contributed by atoms with van der Waals surface area (Å²) in [5.74, 6) is -12.5. The van der Waals surface area contributed by atoms with Crippen LogP contribution in [0.25, 0.3) is 0 Å². The number of benzene rings is 10.